The average molecular weight is 301 g/mol. The minimum absolute atomic E-state index is 0.519. The van der Waals surface area contributed by atoms with Gasteiger partial charge in [0.25, 0.3) is 0 Å². The van der Waals surface area contributed by atoms with E-state index in [9.17, 15) is 0 Å². The molecule has 0 aromatic heterocycles. The fraction of sp³-hybridized carbons (Fsp3) is 0.600. The molecule has 2 atom stereocenters. The lowest BCUT2D eigenvalue weighted by Crippen LogP contribution is -2.56. The lowest BCUT2D eigenvalue weighted by molar-refractivity contribution is 0.116. The van der Waals surface area contributed by atoms with E-state index in [1.165, 1.54) is 0 Å². The fourth-order valence-electron chi connectivity index (χ4n) is 2.50. The summed E-state index contributed by atoms with van der Waals surface area (Å²) in [6.45, 7) is 9.73. The number of nitrogens with zero attached hydrogens (tertiary/aromatic N) is 1. The molecular weight excluding hydrogens is 279 g/mol. The van der Waals surface area contributed by atoms with Crippen LogP contribution in [0.3, 0.4) is 0 Å². The molecule has 106 valence electrons. The Hall–Kier alpha value is -0.280. The molecule has 19 heavy (non-hydrogen) atoms. The minimum atomic E-state index is 0.519. The maximum Gasteiger partial charge on any atom is 0.0637 e. The zero-order valence-corrected chi connectivity index (χ0v) is 13.3. The molecule has 1 fully saturated rings. The molecule has 0 amide bonds. The molecule has 0 spiro atoms. The summed E-state index contributed by atoms with van der Waals surface area (Å²) in [5.41, 5.74) is 1.12. The quantitative estimate of drug-likeness (QED) is 0.913. The maximum absolute atomic E-state index is 6.28. The van der Waals surface area contributed by atoms with Gasteiger partial charge in [-0.25, -0.2) is 0 Å². The Morgan fingerprint density at radius 3 is 2.79 bits per heavy atom. The first-order chi connectivity index (χ1) is 8.99. The van der Waals surface area contributed by atoms with Crippen LogP contribution < -0.4 is 5.32 Å². The largest absolute Gasteiger partial charge is 0.311 e. The van der Waals surface area contributed by atoms with Crippen LogP contribution in [0.1, 0.15) is 26.3 Å². The van der Waals surface area contributed by atoms with Crippen LogP contribution in [0.2, 0.25) is 10.0 Å². The second-order valence-electron chi connectivity index (χ2n) is 5.75. The molecule has 0 radical (unpaired) electrons. The monoisotopic (exact) mass is 300 g/mol. The molecule has 2 rings (SSSR count). The number of benzene rings is 1. The Balaban J connectivity index is 2.10. The smallest absolute Gasteiger partial charge is 0.0637 e. The lowest BCUT2D eigenvalue weighted by Gasteiger charge is -2.40. The third kappa shape index (κ3) is 3.63. The summed E-state index contributed by atoms with van der Waals surface area (Å²) < 4.78 is 0. The molecular formula is C15H22Cl2N2. The van der Waals surface area contributed by atoms with E-state index in [1.807, 2.05) is 12.1 Å². The molecule has 0 aliphatic carbocycles. The third-order valence-electron chi connectivity index (χ3n) is 3.94. The van der Waals surface area contributed by atoms with Crippen molar-refractivity contribution in [3.63, 3.8) is 0 Å². The van der Waals surface area contributed by atoms with Crippen LogP contribution in [0.5, 0.6) is 0 Å². The normalized spacial score (nSPS) is 24.9. The van der Waals surface area contributed by atoms with E-state index < -0.39 is 0 Å². The zero-order chi connectivity index (χ0) is 14.0. The van der Waals surface area contributed by atoms with Crippen molar-refractivity contribution in [2.75, 3.05) is 13.1 Å². The van der Waals surface area contributed by atoms with E-state index in [4.69, 9.17) is 23.2 Å². The SMILES string of the molecule is CC(C)C1CN(Cc2cccc(Cl)c2Cl)C(C)CN1. The van der Waals surface area contributed by atoms with Gasteiger partial charge in [-0.2, -0.15) is 0 Å². The van der Waals surface area contributed by atoms with E-state index in [0.717, 1.165) is 25.2 Å². The van der Waals surface area contributed by atoms with Gasteiger partial charge in [0.2, 0.25) is 0 Å². The molecule has 0 bridgehead atoms. The molecule has 1 N–H and O–H groups in total. The van der Waals surface area contributed by atoms with Crippen molar-refractivity contribution in [3.8, 4) is 0 Å². The van der Waals surface area contributed by atoms with Gasteiger partial charge in [0.1, 0.15) is 0 Å². The first kappa shape index (κ1) is 15.1. The van der Waals surface area contributed by atoms with Crippen LogP contribution in [0.25, 0.3) is 0 Å². The predicted octanol–water partition coefficient (Wildman–Crippen LogP) is 3.81. The lowest BCUT2D eigenvalue weighted by atomic mass is 9.99. The first-order valence-electron chi connectivity index (χ1n) is 6.89. The summed E-state index contributed by atoms with van der Waals surface area (Å²) in [5.74, 6) is 0.643. The van der Waals surface area contributed by atoms with E-state index in [2.05, 4.69) is 37.1 Å². The highest BCUT2D eigenvalue weighted by molar-refractivity contribution is 6.42. The number of piperazine rings is 1. The molecule has 2 nitrogen and oxygen atoms in total. The van der Waals surface area contributed by atoms with Crippen molar-refractivity contribution >= 4 is 23.2 Å². The molecule has 1 aromatic carbocycles. The molecule has 1 aliphatic rings. The molecule has 4 heteroatoms. The number of nitrogens with one attached hydrogen (secondary N) is 1. The van der Waals surface area contributed by atoms with Gasteiger partial charge >= 0.3 is 0 Å². The standard InChI is InChI=1S/C15H22Cl2N2/c1-10(2)14-9-19(11(3)7-18-14)8-12-5-4-6-13(16)15(12)17/h4-6,10-11,14,18H,7-9H2,1-3H3. The van der Waals surface area contributed by atoms with Crippen LogP contribution in [-0.4, -0.2) is 30.1 Å². The van der Waals surface area contributed by atoms with E-state index in [-0.39, 0.29) is 0 Å². The van der Waals surface area contributed by atoms with Gasteiger partial charge in [0, 0.05) is 31.7 Å². The van der Waals surface area contributed by atoms with Crippen molar-refractivity contribution < 1.29 is 0 Å². The first-order valence-corrected chi connectivity index (χ1v) is 7.65. The van der Waals surface area contributed by atoms with Gasteiger partial charge in [-0.3, -0.25) is 4.90 Å². The van der Waals surface area contributed by atoms with Crippen LogP contribution in [0.15, 0.2) is 18.2 Å². The highest BCUT2D eigenvalue weighted by Crippen LogP contribution is 2.27. The van der Waals surface area contributed by atoms with Crippen molar-refractivity contribution in [2.24, 2.45) is 5.92 Å². The Labute approximate surface area is 126 Å². The summed E-state index contributed by atoms with van der Waals surface area (Å²) in [6.07, 6.45) is 0. The van der Waals surface area contributed by atoms with Crippen molar-refractivity contribution in [2.45, 2.75) is 39.4 Å². The number of hydrogen-bond acceptors (Lipinski definition) is 2. The maximum atomic E-state index is 6.28. The van der Waals surface area contributed by atoms with Gasteiger partial charge < -0.3 is 5.32 Å². The Morgan fingerprint density at radius 2 is 2.11 bits per heavy atom. The van der Waals surface area contributed by atoms with Gasteiger partial charge in [0.15, 0.2) is 0 Å². The van der Waals surface area contributed by atoms with Crippen LogP contribution in [0, 0.1) is 5.92 Å². The van der Waals surface area contributed by atoms with Crippen molar-refractivity contribution in [3.05, 3.63) is 33.8 Å². The zero-order valence-electron chi connectivity index (χ0n) is 11.8. The molecule has 1 aromatic rings. The summed E-state index contributed by atoms with van der Waals surface area (Å²) in [5, 5.41) is 4.94. The number of rotatable bonds is 3. The predicted molar refractivity (Wildman–Crippen MR) is 83.0 cm³/mol. The van der Waals surface area contributed by atoms with Crippen molar-refractivity contribution in [1.29, 1.82) is 0 Å². The third-order valence-corrected chi connectivity index (χ3v) is 4.80. The highest BCUT2D eigenvalue weighted by atomic mass is 35.5. The number of hydrogen-bond donors (Lipinski definition) is 1. The van der Waals surface area contributed by atoms with E-state index >= 15 is 0 Å². The minimum Gasteiger partial charge on any atom is -0.311 e. The Bertz CT molecular complexity index is 434. The van der Waals surface area contributed by atoms with Crippen LogP contribution in [-0.2, 0) is 6.54 Å². The van der Waals surface area contributed by atoms with Crippen LogP contribution in [0.4, 0.5) is 0 Å². The topological polar surface area (TPSA) is 15.3 Å². The molecule has 0 saturated carbocycles. The average Bonchev–Trinajstić information content (AvgIpc) is 2.37. The summed E-state index contributed by atoms with van der Waals surface area (Å²) in [4.78, 5) is 2.48. The van der Waals surface area contributed by atoms with E-state index in [1.54, 1.807) is 0 Å². The van der Waals surface area contributed by atoms with Gasteiger partial charge in [-0.15, -0.1) is 0 Å². The van der Waals surface area contributed by atoms with Crippen molar-refractivity contribution in [1.82, 2.24) is 10.2 Å². The number of halogens is 2. The van der Waals surface area contributed by atoms with Gasteiger partial charge in [-0.1, -0.05) is 49.2 Å². The summed E-state index contributed by atoms with van der Waals surface area (Å²) in [6, 6.07) is 6.94. The van der Waals surface area contributed by atoms with E-state index in [0.29, 0.717) is 28.0 Å². The second kappa shape index (κ2) is 6.45. The highest BCUT2D eigenvalue weighted by Gasteiger charge is 2.27. The molecule has 1 saturated heterocycles. The van der Waals surface area contributed by atoms with Gasteiger partial charge in [-0.05, 0) is 24.5 Å². The second-order valence-corrected chi connectivity index (χ2v) is 6.54. The molecule has 1 aliphatic heterocycles. The van der Waals surface area contributed by atoms with Gasteiger partial charge in [0.05, 0.1) is 10.0 Å². The summed E-state index contributed by atoms with van der Waals surface area (Å²) >= 11 is 12.4. The Morgan fingerprint density at radius 1 is 1.37 bits per heavy atom. The Kier molecular flexibility index (Phi) is 5.13. The molecule has 1 heterocycles. The summed E-state index contributed by atoms with van der Waals surface area (Å²) in [7, 11) is 0. The fourth-order valence-corrected chi connectivity index (χ4v) is 2.88. The molecule has 2 unspecified atom stereocenters. The van der Waals surface area contributed by atoms with Crippen LogP contribution >= 0.6 is 23.2 Å².